The number of halogens is 2. The molecule has 0 spiro atoms. The van der Waals surface area contributed by atoms with Gasteiger partial charge in [-0.1, -0.05) is 35.3 Å². The second kappa shape index (κ2) is 4.63. The minimum atomic E-state index is -0.436. The molecule has 0 amide bonds. The molecule has 1 heterocycles. The first-order valence-corrected chi connectivity index (χ1v) is 5.84. The maximum Gasteiger partial charge on any atom is 0.0869 e. The van der Waals surface area contributed by atoms with Crippen LogP contribution in [0.25, 0.3) is 0 Å². The second-order valence-electron chi connectivity index (χ2n) is 4.08. The molecule has 0 radical (unpaired) electrons. The summed E-state index contributed by atoms with van der Waals surface area (Å²) in [5.41, 5.74) is 0.482. The van der Waals surface area contributed by atoms with Crippen LogP contribution in [0.5, 0.6) is 0 Å². The number of rotatable bonds is 2. The van der Waals surface area contributed by atoms with Crippen LogP contribution in [0.15, 0.2) is 18.2 Å². The van der Waals surface area contributed by atoms with Crippen molar-refractivity contribution in [2.75, 3.05) is 13.2 Å². The normalized spacial score (nSPS) is 24.3. The van der Waals surface area contributed by atoms with E-state index in [4.69, 9.17) is 27.9 Å². The Morgan fingerprint density at radius 2 is 2.25 bits per heavy atom. The molecule has 2 rings (SSSR count). The molecule has 0 bridgehead atoms. The molecule has 1 aliphatic rings. The van der Waals surface area contributed by atoms with E-state index < -0.39 is 5.41 Å². The lowest BCUT2D eigenvalue weighted by Gasteiger charge is -2.19. The largest absolute Gasteiger partial charge is 0.380 e. The molecule has 1 unspecified atom stereocenters. The summed E-state index contributed by atoms with van der Waals surface area (Å²) in [6, 6.07) is 7.85. The zero-order valence-electron chi connectivity index (χ0n) is 8.67. The first kappa shape index (κ1) is 11.7. The van der Waals surface area contributed by atoms with E-state index in [2.05, 4.69) is 6.07 Å². The van der Waals surface area contributed by atoms with Crippen LogP contribution >= 0.6 is 23.2 Å². The van der Waals surface area contributed by atoms with Crippen LogP contribution in [-0.2, 0) is 11.2 Å². The molecule has 1 aliphatic heterocycles. The van der Waals surface area contributed by atoms with E-state index in [1.165, 1.54) is 0 Å². The average molecular weight is 256 g/mol. The van der Waals surface area contributed by atoms with E-state index in [0.717, 1.165) is 12.0 Å². The molecule has 16 heavy (non-hydrogen) atoms. The fraction of sp³-hybridized carbons (Fsp3) is 0.417. The average Bonchev–Trinajstić information content (AvgIpc) is 2.74. The standard InChI is InChI=1S/C12H11Cl2NO/c13-10-3-1-2-9(11(10)14)6-12(7-15)4-5-16-8-12/h1-3H,4-6,8H2. The van der Waals surface area contributed by atoms with Gasteiger partial charge in [-0.15, -0.1) is 0 Å². The van der Waals surface area contributed by atoms with Crippen molar-refractivity contribution in [2.45, 2.75) is 12.8 Å². The molecule has 4 heteroatoms. The smallest absolute Gasteiger partial charge is 0.0869 e. The van der Waals surface area contributed by atoms with Gasteiger partial charge in [-0.05, 0) is 24.5 Å². The first-order valence-electron chi connectivity index (χ1n) is 5.09. The molecule has 0 saturated carbocycles. The molecule has 1 saturated heterocycles. The van der Waals surface area contributed by atoms with E-state index in [1.54, 1.807) is 6.07 Å². The lowest BCUT2D eigenvalue weighted by Crippen LogP contribution is -2.21. The van der Waals surface area contributed by atoms with Gasteiger partial charge in [-0.2, -0.15) is 5.26 Å². The lowest BCUT2D eigenvalue weighted by atomic mass is 9.82. The van der Waals surface area contributed by atoms with Gasteiger partial charge in [-0.3, -0.25) is 0 Å². The Kier molecular flexibility index (Phi) is 3.39. The Hall–Kier alpha value is -0.750. The summed E-state index contributed by atoms with van der Waals surface area (Å²) in [7, 11) is 0. The van der Waals surface area contributed by atoms with Crippen LogP contribution in [0.3, 0.4) is 0 Å². The highest BCUT2D eigenvalue weighted by Gasteiger charge is 2.35. The summed E-state index contributed by atoms with van der Waals surface area (Å²) in [4.78, 5) is 0. The zero-order chi connectivity index (χ0) is 11.6. The topological polar surface area (TPSA) is 33.0 Å². The third-order valence-corrected chi connectivity index (χ3v) is 3.76. The van der Waals surface area contributed by atoms with Crippen molar-refractivity contribution >= 4 is 23.2 Å². The van der Waals surface area contributed by atoms with Gasteiger partial charge in [0.25, 0.3) is 0 Å². The van der Waals surface area contributed by atoms with E-state index in [0.29, 0.717) is 29.7 Å². The number of ether oxygens (including phenoxy) is 1. The number of benzene rings is 1. The summed E-state index contributed by atoms with van der Waals surface area (Å²) in [6.07, 6.45) is 1.36. The lowest BCUT2D eigenvalue weighted by molar-refractivity contribution is 0.171. The van der Waals surface area contributed by atoms with Crippen LogP contribution in [-0.4, -0.2) is 13.2 Å². The third kappa shape index (κ3) is 2.17. The Balaban J connectivity index is 2.27. The maximum absolute atomic E-state index is 9.23. The van der Waals surface area contributed by atoms with Crippen LogP contribution in [0.4, 0.5) is 0 Å². The third-order valence-electron chi connectivity index (χ3n) is 2.90. The summed E-state index contributed by atoms with van der Waals surface area (Å²) >= 11 is 12.1. The van der Waals surface area contributed by atoms with Crippen molar-refractivity contribution in [1.82, 2.24) is 0 Å². The SMILES string of the molecule is N#CC1(Cc2cccc(Cl)c2Cl)CCOC1. The van der Waals surface area contributed by atoms with Crippen molar-refractivity contribution < 1.29 is 4.74 Å². The van der Waals surface area contributed by atoms with Crippen molar-refractivity contribution in [3.63, 3.8) is 0 Å². The number of nitriles is 1. The van der Waals surface area contributed by atoms with Crippen LogP contribution in [0, 0.1) is 16.7 Å². The van der Waals surface area contributed by atoms with Gasteiger partial charge in [0, 0.05) is 6.61 Å². The molecular weight excluding hydrogens is 245 g/mol. The summed E-state index contributed by atoms with van der Waals surface area (Å²) in [5, 5.41) is 10.3. The zero-order valence-corrected chi connectivity index (χ0v) is 10.2. The van der Waals surface area contributed by atoms with Crippen molar-refractivity contribution in [3.05, 3.63) is 33.8 Å². The maximum atomic E-state index is 9.23. The predicted octanol–water partition coefficient (Wildman–Crippen LogP) is 3.47. The highest BCUT2D eigenvalue weighted by atomic mass is 35.5. The Labute approximate surface area is 105 Å². The Morgan fingerprint density at radius 1 is 1.44 bits per heavy atom. The van der Waals surface area contributed by atoms with Crippen LogP contribution < -0.4 is 0 Å². The Bertz CT molecular complexity index is 433. The first-order chi connectivity index (χ1) is 7.67. The molecule has 1 fully saturated rings. The second-order valence-corrected chi connectivity index (χ2v) is 4.87. The predicted molar refractivity (Wildman–Crippen MR) is 63.6 cm³/mol. The van der Waals surface area contributed by atoms with Gasteiger partial charge in [0.05, 0.1) is 28.1 Å². The van der Waals surface area contributed by atoms with E-state index in [-0.39, 0.29) is 0 Å². The van der Waals surface area contributed by atoms with Crippen molar-refractivity contribution in [2.24, 2.45) is 5.41 Å². The molecule has 0 N–H and O–H groups in total. The van der Waals surface area contributed by atoms with Crippen molar-refractivity contribution in [1.29, 1.82) is 5.26 Å². The van der Waals surface area contributed by atoms with E-state index >= 15 is 0 Å². The Morgan fingerprint density at radius 3 is 2.88 bits per heavy atom. The van der Waals surface area contributed by atoms with Crippen LogP contribution in [0.1, 0.15) is 12.0 Å². The molecule has 1 atom stereocenters. The van der Waals surface area contributed by atoms with Gasteiger partial charge in [-0.25, -0.2) is 0 Å². The van der Waals surface area contributed by atoms with Crippen molar-refractivity contribution in [3.8, 4) is 6.07 Å². The number of hydrogen-bond donors (Lipinski definition) is 0. The summed E-state index contributed by atoms with van der Waals surface area (Å²) in [6.45, 7) is 1.12. The highest BCUT2D eigenvalue weighted by Crippen LogP contribution is 2.35. The molecule has 2 nitrogen and oxygen atoms in total. The molecular formula is C12H11Cl2NO. The highest BCUT2D eigenvalue weighted by molar-refractivity contribution is 6.42. The fourth-order valence-corrected chi connectivity index (χ4v) is 2.31. The quantitative estimate of drug-likeness (QED) is 0.811. The van der Waals surface area contributed by atoms with Gasteiger partial charge in [0.1, 0.15) is 0 Å². The van der Waals surface area contributed by atoms with Gasteiger partial charge >= 0.3 is 0 Å². The number of nitrogens with zero attached hydrogens (tertiary/aromatic N) is 1. The molecule has 0 aromatic heterocycles. The van der Waals surface area contributed by atoms with Gasteiger partial charge < -0.3 is 4.74 Å². The van der Waals surface area contributed by atoms with E-state index in [1.807, 2.05) is 12.1 Å². The molecule has 0 aliphatic carbocycles. The number of hydrogen-bond acceptors (Lipinski definition) is 2. The summed E-state index contributed by atoms with van der Waals surface area (Å²) < 4.78 is 5.30. The summed E-state index contributed by atoms with van der Waals surface area (Å²) in [5.74, 6) is 0. The van der Waals surface area contributed by atoms with Gasteiger partial charge in [0.2, 0.25) is 0 Å². The molecule has 84 valence electrons. The van der Waals surface area contributed by atoms with Crippen LogP contribution in [0.2, 0.25) is 10.0 Å². The van der Waals surface area contributed by atoms with E-state index in [9.17, 15) is 5.26 Å². The monoisotopic (exact) mass is 255 g/mol. The minimum absolute atomic E-state index is 0.436. The minimum Gasteiger partial charge on any atom is -0.380 e. The molecule has 1 aromatic carbocycles. The molecule has 1 aromatic rings. The fourth-order valence-electron chi connectivity index (χ4n) is 1.92. The van der Waals surface area contributed by atoms with Gasteiger partial charge in [0.15, 0.2) is 0 Å².